The minimum absolute atomic E-state index is 0.354. The Bertz CT molecular complexity index is 1860. The SMILES string of the molecule is OC[C@H]1O[C@@H](n2cnc3c2ncn2c(-c4ccc(OCc5ccccc5)c(OCc5ccccc5)c4)nnc32)[C@@H](O)C1O. The minimum Gasteiger partial charge on any atom is -0.485 e. The van der Waals surface area contributed by atoms with Crippen LogP contribution < -0.4 is 9.47 Å². The van der Waals surface area contributed by atoms with E-state index in [1.165, 1.54) is 10.9 Å². The van der Waals surface area contributed by atoms with Crippen LogP contribution in [0, 0.1) is 0 Å². The van der Waals surface area contributed by atoms with Gasteiger partial charge in [0.25, 0.3) is 0 Å². The molecule has 1 fully saturated rings. The molecule has 0 saturated carbocycles. The zero-order chi connectivity index (χ0) is 29.3. The molecule has 6 aromatic rings. The predicted octanol–water partition coefficient (Wildman–Crippen LogP) is 2.91. The molecule has 1 aliphatic heterocycles. The van der Waals surface area contributed by atoms with Crippen molar-refractivity contribution < 1.29 is 29.5 Å². The molecule has 1 saturated heterocycles. The summed E-state index contributed by atoms with van der Waals surface area (Å²) < 4.78 is 21.3. The minimum atomic E-state index is -1.27. The molecule has 4 heterocycles. The van der Waals surface area contributed by atoms with E-state index in [-0.39, 0.29) is 0 Å². The smallest absolute Gasteiger partial charge is 0.192 e. The summed E-state index contributed by atoms with van der Waals surface area (Å²) in [4.78, 5) is 9.01. The number of imidazole rings is 1. The molecule has 4 atom stereocenters. The van der Waals surface area contributed by atoms with Crippen molar-refractivity contribution in [2.45, 2.75) is 37.8 Å². The molecule has 0 bridgehead atoms. The van der Waals surface area contributed by atoms with E-state index >= 15 is 0 Å². The third-order valence-corrected chi connectivity index (χ3v) is 7.44. The first-order chi connectivity index (χ1) is 21.1. The standard InChI is InChI=1S/C31H28N6O6/c38-14-24-26(39)27(40)31(43-24)37-17-32-25-29(37)33-18-36-28(34-35-30(25)36)21-11-12-22(41-15-19-7-3-1-4-8-19)23(13-21)42-16-20-9-5-2-6-10-20/h1-13,17-18,24,26-27,31,38-40H,14-16H2/t24-,26?,27+,31-/m1/s1. The Morgan fingerprint density at radius 1 is 0.744 bits per heavy atom. The van der Waals surface area contributed by atoms with Gasteiger partial charge in [-0.3, -0.25) is 8.97 Å². The number of rotatable bonds is 9. The molecule has 7 rings (SSSR count). The Hall–Kier alpha value is -4.88. The first kappa shape index (κ1) is 27.0. The maximum absolute atomic E-state index is 10.5. The van der Waals surface area contributed by atoms with Gasteiger partial charge < -0.3 is 29.5 Å². The number of ether oxygens (including phenoxy) is 3. The molecule has 3 N–H and O–H groups in total. The Morgan fingerprint density at radius 3 is 2.12 bits per heavy atom. The van der Waals surface area contributed by atoms with Crippen molar-refractivity contribution >= 4 is 16.8 Å². The van der Waals surface area contributed by atoms with E-state index in [0.717, 1.165) is 16.7 Å². The Labute approximate surface area is 245 Å². The summed E-state index contributed by atoms with van der Waals surface area (Å²) in [5.74, 6) is 1.66. The molecule has 3 aromatic heterocycles. The van der Waals surface area contributed by atoms with Gasteiger partial charge in [-0.05, 0) is 29.3 Å². The highest BCUT2D eigenvalue weighted by Crippen LogP contribution is 2.35. The first-order valence-electron chi connectivity index (χ1n) is 13.8. The van der Waals surface area contributed by atoms with E-state index in [2.05, 4.69) is 20.2 Å². The second-order valence-corrected chi connectivity index (χ2v) is 10.2. The molecule has 43 heavy (non-hydrogen) atoms. The fourth-order valence-corrected chi connectivity index (χ4v) is 5.16. The zero-order valence-corrected chi connectivity index (χ0v) is 22.8. The highest BCUT2D eigenvalue weighted by atomic mass is 16.6. The van der Waals surface area contributed by atoms with Gasteiger partial charge in [-0.2, -0.15) is 0 Å². The molecule has 0 aliphatic carbocycles. The fraction of sp³-hybridized carbons (Fsp3) is 0.226. The molecule has 12 nitrogen and oxygen atoms in total. The van der Waals surface area contributed by atoms with Gasteiger partial charge in [0.05, 0.1) is 12.9 Å². The lowest BCUT2D eigenvalue weighted by molar-refractivity contribution is -0.0511. The monoisotopic (exact) mass is 580 g/mol. The lowest BCUT2D eigenvalue weighted by atomic mass is 10.1. The number of aliphatic hydroxyl groups is 3. The number of benzene rings is 3. The average Bonchev–Trinajstić information content (AvgIpc) is 3.75. The molecular formula is C31H28N6O6. The van der Waals surface area contributed by atoms with Crippen molar-refractivity contribution in [1.29, 1.82) is 0 Å². The van der Waals surface area contributed by atoms with Crippen molar-refractivity contribution in [2.75, 3.05) is 6.61 Å². The predicted molar refractivity (Wildman–Crippen MR) is 154 cm³/mol. The number of fused-ring (bicyclic) bond motifs is 3. The number of aliphatic hydroxyl groups excluding tert-OH is 3. The van der Waals surface area contributed by atoms with E-state index in [0.29, 0.717) is 47.3 Å². The van der Waals surface area contributed by atoms with Crippen LogP contribution in [-0.4, -0.2) is 69.4 Å². The van der Waals surface area contributed by atoms with E-state index in [1.54, 1.807) is 10.7 Å². The molecular weight excluding hydrogens is 552 g/mol. The van der Waals surface area contributed by atoms with Crippen molar-refractivity contribution in [3.8, 4) is 22.9 Å². The van der Waals surface area contributed by atoms with Gasteiger partial charge >= 0.3 is 0 Å². The van der Waals surface area contributed by atoms with Crippen LogP contribution in [0.2, 0.25) is 0 Å². The van der Waals surface area contributed by atoms with Gasteiger partial charge in [-0.25, -0.2) is 9.97 Å². The van der Waals surface area contributed by atoms with Gasteiger partial charge in [0.15, 0.2) is 40.4 Å². The van der Waals surface area contributed by atoms with Crippen molar-refractivity contribution in [2.24, 2.45) is 0 Å². The quantitative estimate of drug-likeness (QED) is 0.233. The van der Waals surface area contributed by atoms with Gasteiger partial charge in [-0.1, -0.05) is 60.7 Å². The number of aromatic nitrogens is 6. The van der Waals surface area contributed by atoms with E-state index in [4.69, 9.17) is 14.2 Å². The molecule has 3 aromatic carbocycles. The maximum atomic E-state index is 10.5. The second kappa shape index (κ2) is 11.4. The van der Waals surface area contributed by atoms with E-state index in [1.807, 2.05) is 78.9 Å². The number of hydrogen-bond acceptors (Lipinski definition) is 10. The Morgan fingerprint density at radius 2 is 1.44 bits per heavy atom. The van der Waals surface area contributed by atoms with Gasteiger partial charge in [-0.15, -0.1) is 10.2 Å². The summed E-state index contributed by atoms with van der Waals surface area (Å²) in [5, 5.41) is 39.0. The lowest BCUT2D eigenvalue weighted by Crippen LogP contribution is -2.33. The molecule has 0 spiro atoms. The molecule has 218 valence electrons. The van der Waals surface area contributed by atoms with Crippen LogP contribution in [0.3, 0.4) is 0 Å². The second-order valence-electron chi connectivity index (χ2n) is 10.2. The van der Waals surface area contributed by atoms with Crippen LogP contribution in [0.15, 0.2) is 91.5 Å². The van der Waals surface area contributed by atoms with Crippen LogP contribution in [0.25, 0.3) is 28.2 Å². The summed E-state index contributed by atoms with van der Waals surface area (Å²) in [6, 6.07) is 25.4. The third-order valence-electron chi connectivity index (χ3n) is 7.44. The van der Waals surface area contributed by atoms with Crippen molar-refractivity contribution in [3.63, 3.8) is 0 Å². The molecule has 1 aliphatic rings. The van der Waals surface area contributed by atoms with Crippen LogP contribution in [0.4, 0.5) is 0 Å². The van der Waals surface area contributed by atoms with Gasteiger partial charge in [0.2, 0.25) is 0 Å². The van der Waals surface area contributed by atoms with Crippen LogP contribution in [-0.2, 0) is 18.0 Å². The summed E-state index contributed by atoms with van der Waals surface area (Å²) in [6.45, 7) is 0.308. The lowest BCUT2D eigenvalue weighted by Gasteiger charge is -2.16. The normalized spacial score (nSPS) is 20.2. The van der Waals surface area contributed by atoms with Crippen molar-refractivity contribution in [1.82, 2.24) is 29.1 Å². The number of nitrogens with zero attached hydrogens (tertiary/aromatic N) is 6. The largest absolute Gasteiger partial charge is 0.485 e. The molecule has 1 unspecified atom stereocenters. The number of hydrogen-bond donors (Lipinski definition) is 3. The summed E-state index contributed by atoms with van der Waals surface area (Å²) in [7, 11) is 0. The van der Waals surface area contributed by atoms with E-state index in [9.17, 15) is 15.3 Å². The molecule has 0 amide bonds. The van der Waals surface area contributed by atoms with Gasteiger partial charge in [0, 0.05) is 5.56 Å². The zero-order valence-electron chi connectivity index (χ0n) is 22.8. The van der Waals surface area contributed by atoms with E-state index < -0.39 is 31.1 Å². The van der Waals surface area contributed by atoms with Crippen LogP contribution in [0.5, 0.6) is 11.5 Å². The highest BCUT2D eigenvalue weighted by Gasteiger charge is 2.44. The Kier molecular flexibility index (Phi) is 7.17. The Balaban J connectivity index is 1.22. The van der Waals surface area contributed by atoms with Crippen LogP contribution in [0.1, 0.15) is 17.4 Å². The molecule has 12 heteroatoms. The summed E-state index contributed by atoms with van der Waals surface area (Å²) in [6.07, 6.45) is -1.37. The maximum Gasteiger partial charge on any atom is 0.192 e. The van der Waals surface area contributed by atoms with Crippen molar-refractivity contribution in [3.05, 3.63) is 103 Å². The summed E-state index contributed by atoms with van der Waals surface area (Å²) >= 11 is 0. The first-order valence-corrected chi connectivity index (χ1v) is 13.8. The topological polar surface area (TPSA) is 149 Å². The summed E-state index contributed by atoms with van der Waals surface area (Å²) in [5.41, 5.74) is 4.05. The molecule has 0 radical (unpaired) electrons. The fourth-order valence-electron chi connectivity index (χ4n) is 5.16. The van der Waals surface area contributed by atoms with Crippen LogP contribution >= 0.6 is 0 Å². The average molecular weight is 581 g/mol. The highest BCUT2D eigenvalue weighted by molar-refractivity contribution is 5.86. The third kappa shape index (κ3) is 5.06. The van der Waals surface area contributed by atoms with Gasteiger partial charge in [0.1, 0.15) is 37.9 Å².